The molecule has 76 valence electrons. The second-order valence-electron chi connectivity index (χ2n) is 4.15. The summed E-state index contributed by atoms with van der Waals surface area (Å²) in [6.07, 6.45) is 4.45. The molecule has 1 heterocycles. The summed E-state index contributed by atoms with van der Waals surface area (Å²) in [5.41, 5.74) is 6.23. The van der Waals surface area contributed by atoms with Crippen LogP contribution in [0.15, 0.2) is 24.5 Å². The molecule has 0 radical (unpaired) electrons. The minimum Gasteiger partial charge on any atom is -0.326 e. The molecule has 0 aromatic carbocycles. The van der Waals surface area contributed by atoms with Gasteiger partial charge in [0.15, 0.2) is 5.78 Å². The van der Waals surface area contributed by atoms with Crippen molar-refractivity contribution in [1.29, 1.82) is 0 Å². The van der Waals surface area contributed by atoms with Crippen molar-refractivity contribution >= 4 is 5.78 Å². The molecule has 0 saturated carbocycles. The molecule has 1 rings (SSSR count). The number of ketones is 1. The van der Waals surface area contributed by atoms with Crippen LogP contribution < -0.4 is 5.73 Å². The van der Waals surface area contributed by atoms with Gasteiger partial charge in [0, 0.05) is 29.9 Å². The van der Waals surface area contributed by atoms with Crippen LogP contribution in [0.25, 0.3) is 0 Å². The van der Waals surface area contributed by atoms with Crippen LogP contribution in [0, 0.1) is 0 Å². The van der Waals surface area contributed by atoms with Crippen LogP contribution in [0.2, 0.25) is 0 Å². The second-order valence-corrected chi connectivity index (χ2v) is 4.15. The van der Waals surface area contributed by atoms with Crippen molar-refractivity contribution in [2.24, 2.45) is 5.73 Å². The molecule has 0 bridgehead atoms. The van der Waals surface area contributed by atoms with E-state index in [1.54, 1.807) is 24.5 Å². The lowest BCUT2D eigenvalue weighted by molar-refractivity contribution is 0.0972. The Kier molecular flexibility index (Phi) is 3.36. The van der Waals surface area contributed by atoms with Gasteiger partial charge in [-0.1, -0.05) is 0 Å². The maximum absolute atomic E-state index is 11.6. The molecule has 0 aliphatic heterocycles. The molecule has 3 nitrogen and oxygen atoms in total. The number of aromatic nitrogens is 1. The van der Waals surface area contributed by atoms with Crippen molar-refractivity contribution in [2.45, 2.75) is 32.2 Å². The van der Waals surface area contributed by atoms with Gasteiger partial charge in [-0.15, -0.1) is 0 Å². The average Bonchev–Trinajstić information content (AvgIpc) is 2.14. The average molecular weight is 192 g/mol. The molecular formula is C11H16N2O. The fraction of sp³-hybridized carbons (Fsp3) is 0.455. The minimum atomic E-state index is -0.275. The summed E-state index contributed by atoms with van der Waals surface area (Å²) >= 11 is 0. The first kappa shape index (κ1) is 10.9. The smallest absolute Gasteiger partial charge is 0.163 e. The molecule has 0 amide bonds. The van der Waals surface area contributed by atoms with E-state index in [-0.39, 0.29) is 11.3 Å². The SMILES string of the molecule is CC(C)(N)CCC(=O)c1ccncc1. The topological polar surface area (TPSA) is 56.0 Å². The van der Waals surface area contributed by atoms with Gasteiger partial charge in [-0.2, -0.15) is 0 Å². The molecule has 0 fully saturated rings. The monoisotopic (exact) mass is 192 g/mol. The molecule has 2 N–H and O–H groups in total. The summed E-state index contributed by atoms with van der Waals surface area (Å²) in [5, 5.41) is 0. The number of hydrogen-bond donors (Lipinski definition) is 1. The summed E-state index contributed by atoms with van der Waals surface area (Å²) in [4.78, 5) is 15.5. The Balaban J connectivity index is 2.52. The lowest BCUT2D eigenvalue weighted by Crippen LogP contribution is -2.32. The summed E-state index contributed by atoms with van der Waals surface area (Å²) in [6.45, 7) is 3.85. The van der Waals surface area contributed by atoms with Gasteiger partial charge < -0.3 is 5.73 Å². The fourth-order valence-electron chi connectivity index (χ4n) is 1.12. The first-order chi connectivity index (χ1) is 6.49. The number of carbonyl (C=O) groups excluding carboxylic acids is 1. The Labute approximate surface area is 84.3 Å². The van der Waals surface area contributed by atoms with Crippen LogP contribution in [0.1, 0.15) is 37.0 Å². The van der Waals surface area contributed by atoms with Crippen LogP contribution in [-0.2, 0) is 0 Å². The third-order valence-electron chi connectivity index (χ3n) is 2.00. The second kappa shape index (κ2) is 4.33. The van der Waals surface area contributed by atoms with Gasteiger partial charge in [0.05, 0.1) is 0 Å². The number of hydrogen-bond acceptors (Lipinski definition) is 3. The van der Waals surface area contributed by atoms with Crippen molar-refractivity contribution in [3.05, 3.63) is 30.1 Å². The first-order valence-electron chi connectivity index (χ1n) is 4.71. The largest absolute Gasteiger partial charge is 0.326 e. The number of Topliss-reactive ketones (excluding diaryl/α,β-unsaturated/α-hetero) is 1. The molecule has 1 aromatic rings. The standard InChI is InChI=1S/C11H16N2O/c1-11(2,12)6-3-10(14)9-4-7-13-8-5-9/h4-5,7-8H,3,6,12H2,1-2H3. The number of pyridine rings is 1. The van der Waals surface area contributed by atoms with Crippen molar-refractivity contribution < 1.29 is 4.79 Å². The van der Waals surface area contributed by atoms with Crippen molar-refractivity contribution in [2.75, 3.05) is 0 Å². The molecule has 0 aliphatic rings. The van der Waals surface area contributed by atoms with E-state index in [9.17, 15) is 4.79 Å². The van der Waals surface area contributed by atoms with E-state index in [0.717, 1.165) is 0 Å². The van der Waals surface area contributed by atoms with Crippen molar-refractivity contribution in [3.8, 4) is 0 Å². The van der Waals surface area contributed by atoms with E-state index in [1.165, 1.54) is 0 Å². The fourth-order valence-corrected chi connectivity index (χ4v) is 1.12. The summed E-state index contributed by atoms with van der Waals surface area (Å²) in [5.74, 6) is 0.130. The van der Waals surface area contributed by atoms with E-state index in [0.29, 0.717) is 18.4 Å². The highest BCUT2D eigenvalue weighted by Crippen LogP contribution is 2.11. The highest BCUT2D eigenvalue weighted by atomic mass is 16.1. The predicted molar refractivity (Wildman–Crippen MR) is 56.1 cm³/mol. The molecule has 3 heteroatoms. The predicted octanol–water partition coefficient (Wildman–Crippen LogP) is 1.78. The third-order valence-corrected chi connectivity index (χ3v) is 2.00. The van der Waals surface area contributed by atoms with Crippen molar-refractivity contribution in [1.82, 2.24) is 4.98 Å². The zero-order chi connectivity index (χ0) is 10.6. The Morgan fingerprint density at radius 2 is 2.00 bits per heavy atom. The number of carbonyl (C=O) groups is 1. The molecule has 0 unspecified atom stereocenters. The highest BCUT2D eigenvalue weighted by molar-refractivity contribution is 5.95. The lowest BCUT2D eigenvalue weighted by atomic mass is 9.96. The Morgan fingerprint density at radius 3 is 2.50 bits per heavy atom. The molecule has 14 heavy (non-hydrogen) atoms. The zero-order valence-corrected chi connectivity index (χ0v) is 8.66. The molecule has 0 atom stereocenters. The number of nitrogens with two attached hydrogens (primary N) is 1. The minimum absolute atomic E-state index is 0.130. The van der Waals surface area contributed by atoms with Gasteiger partial charge in [0.2, 0.25) is 0 Å². The summed E-state index contributed by atoms with van der Waals surface area (Å²) in [7, 11) is 0. The molecule has 0 saturated heterocycles. The summed E-state index contributed by atoms with van der Waals surface area (Å²) in [6, 6.07) is 3.46. The van der Waals surface area contributed by atoms with Crippen LogP contribution in [0.4, 0.5) is 0 Å². The van der Waals surface area contributed by atoms with E-state index >= 15 is 0 Å². The Morgan fingerprint density at radius 1 is 1.43 bits per heavy atom. The van der Waals surface area contributed by atoms with Gasteiger partial charge >= 0.3 is 0 Å². The number of nitrogens with zero attached hydrogens (tertiary/aromatic N) is 1. The first-order valence-corrected chi connectivity index (χ1v) is 4.71. The van der Waals surface area contributed by atoms with E-state index in [4.69, 9.17) is 5.73 Å². The Bertz CT molecular complexity index is 301. The van der Waals surface area contributed by atoms with Gasteiger partial charge in [-0.25, -0.2) is 0 Å². The van der Waals surface area contributed by atoms with Gasteiger partial charge in [0.25, 0.3) is 0 Å². The van der Waals surface area contributed by atoms with Crippen LogP contribution in [-0.4, -0.2) is 16.3 Å². The maximum atomic E-state index is 11.6. The van der Waals surface area contributed by atoms with E-state index in [2.05, 4.69) is 4.98 Å². The van der Waals surface area contributed by atoms with Crippen LogP contribution in [0.5, 0.6) is 0 Å². The summed E-state index contributed by atoms with van der Waals surface area (Å²) < 4.78 is 0. The number of rotatable bonds is 4. The molecule has 0 spiro atoms. The maximum Gasteiger partial charge on any atom is 0.163 e. The van der Waals surface area contributed by atoms with Crippen LogP contribution in [0.3, 0.4) is 0 Å². The van der Waals surface area contributed by atoms with Gasteiger partial charge in [-0.3, -0.25) is 9.78 Å². The highest BCUT2D eigenvalue weighted by Gasteiger charge is 2.13. The van der Waals surface area contributed by atoms with Crippen molar-refractivity contribution in [3.63, 3.8) is 0 Å². The normalized spacial score (nSPS) is 11.4. The Hall–Kier alpha value is -1.22. The molecule has 1 aromatic heterocycles. The van der Waals surface area contributed by atoms with Gasteiger partial charge in [0.1, 0.15) is 0 Å². The lowest BCUT2D eigenvalue weighted by Gasteiger charge is -2.17. The van der Waals surface area contributed by atoms with E-state index < -0.39 is 0 Å². The van der Waals surface area contributed by atoms with E-state index in [1.807, 2.05) is 13.8 Å². The quantitative estimate of drug-likeness (QED) is 0.740. The van der Waals surface area contributed by atoms with Gasteiger partial charge in [-0.05, 0) is 32.4 Å². The zero-order valence-electron chi connectivity index (χ0n) is 8.66. The third kappa shape index (κ3) is 3.66. The molecule has 0 aliphatic carbocycles. The van der Waals surface area contributed by atoms with Crippen LogP contribution >= 0.6 is 0 Å². The molecular weight excluding hydrogens is 176 g/mol.